The van der Waals surface area contributed by atoms with E-state index in [0.29, 0.717) is 0 Å². The number of benzene rings is 2. The second-order valence-electron chi connectivity index (χ2n) is 4.58. The summed E-state index contributed by atoms with van der Waals surface area (Å²) in [6, 6.07) is 16.7. The van der Waals surface area contributed by atoms with Crippen molar-refractivity contribution in [3.8, 4) is 0 Å². The number of para-hydroxylation sites is 1. The van der Waals surface area contributed by atoms with Gasteiger partial charge in [-0.2, -0.15) is 0 Å². The number of rotatable bonds is 3. The van der Waals surface area contributed by atoms with Crippen LogP contribution in [0.25, 0.3) is 10.9 Å². The van der Waals surface area contributed by atoms with Crippen LogP contribution in [0.2, 0.25) is 0 Å². The number of fused-ring (bicyclic) bond motifs is 1. The van der Waals surface area contributed by atoms with Gasteiger partial charge in [0.2, 0.25) is 0 Å². The molecule has 3 aromatic rings. The average Bonchev–Trinajstić information content (AvgIpc) is 2.85. The Morgan fingerprint density at radius 1 is 1.00 bits per heavy atom. The number of hydrogen-bond acceptors (Lipinski definition) is 1. The van der Waals surface area contributed by atoms with Crippen LogP contribution in [0.4, 0.5) is 0 Å². The van der Waals surface area contributed by atoms with E-state index in [1.807, 2.05) is 12.1 Å². The van der Waals surface area contributed by atoms with Gasteiger partial charge in [-0.1, -0.05) is 30.3 Å². The SMILES string of the molecule is OCc1cccc2ccn(Cc3ccc(I)cc3)c12. The third kappa shape index (κ3) is 2.53. The predicted octanol–water partition coefficient (Wildman–Crippen LogP) is 3.79. The number of halogens is 1. The lowest BCUT2D eigenvalue weighted by Gasteiger charge is -2.09. The fourth-order valence-electron chi connectivity index (χ4n) is 2.39. The summed E-state index contributed by atoms with van der Waals surface area (Å²) in [5, 5.41) is 10.6. The average molecular weight is 363 g/mol. The Bertz CT molecular complexity index is 700. The lowest BCUT2D eigenvalue weighted by atomic mass is 10.1. The summed E-state index contributed by atoms with van der Waals surface area (Å²) in [7, 11) is 0. The van der Waals surface area contributed by atoms with Gasteiger partial charge in [-0.05, 0) is 51.7 Å². The molecule has 0 aliphatic carbocycles. The van der Waals surface area contributed by atoms with E-state index in [2.05, 4.69) is 69.8 Å². The van der Waals surface area contributed by atoms with Crippen LogP contribution in [-0.4, -0.2) is 9.67 Å². The van der Waals surface area contributed by atoms with Crippen LogP contribution < -0.4 is 0 Å². The fraction of sp³-hybridized carbons (Fsp3) is 0.125. The van der Waals surface area contributed by atoms with Crippen molar-refractivity contribution in [1.29, 1.82) is 0 Å². The Balaban J connectivity index is 2.03. The molecule has 0 amide bonds. The van der Waals surface area contributed by atoms with E-state index in [0.717, 1.165) is 17.6 Å². The highest BCUT2D eigenvalue weighted by Crippen LogP contribution is 2.21. The van der Waals surface area contributed by atoms with Crippen molar-refractivity contribution < 1.29 is 5.11 Å². The van der Waals surface area contributed by atoms with Crippen LogP contribution in [-0.2, 0) is 13.2 Å². The molecule has 96 valence electrons. The second kappa shape index (κ2) is 5.35. The molecule has 0 bridgehead atoms. The van der Waals surface area contributed by atoms with Gasteiger partial charge >= 0.3 is 0 Å². The maximum absolute atomic E-state index is 9.47. The fourth-order valence-corrected chi connectivity index (χ4v) is 2.75. The van der Waals surface area contributed by atoms with E-state index in [-0.39, 0.29) is 6.61 Å². The predicted molar refractivity (Wildman–Crippen MR) is 86.1 cm³/mol. The molecule has 0 aliphatic heterocycles. The molecule has 3 rings (SSSR count). The maximum Gasteiger partial charge on any atom is 0.0702 e. The van der Waals surface area contributed by atoms with Crippen molar-refractivity contribution in [2.75, 3.05) is 0 Å². The van der Waals surface area contributed by atoms with E-state index >= 15 is 0 Å². The third-order valence-electron chi connectivity index (χ3n) is 3.31. The van der Waals surface area contributed by atoms with Gasteiger partial charge in [0.1, 0.15) is 0 Å². The molecule has 3 heteroatoms. The van der Waals surface area contributed by atoms with E-state index in [4.69, 9.17) is 0 Å². The molecule has 0 saturated carbocycles. The first-order valence-electron chi connectivity index (χ1n) is 6.20. The highest BCUT2D eigenvalue weighted by Gasteiger charge is 2.06. The minimum atomic E-state index is 0.0774. The Morgan fingerprint density at radius 2 is 1.79 bits per heavy atom. The van der Waals surface area contributed by atoms with Crippen molar-refractivity contribution >= 4 is 33.5 Å². The summed E-state index contributed by atoms with van der Waals surface area (Å²) in [5.74, 6) is 0. The lowest BCUT2D eigenvalue weighted by molar-refractivity contribution is 0.283. The van der Waals surface area contributed by atoms with Crippen molar-refractivity contribution in [1.82, 2.24) is 4.57 Å². The van der Waals surface area contributed by atoms with Crippen molar-refractivity contribution in [3.63, 3.8) is 0 Å². The van der Waals surface area contributed by atoms with Crippen molar-refractivity contribution in [2.45, 2.75) is 13.2 Å². The summed E-state index contributed by atoms with van der Waals surface area (Å²) >= 11 is 2.31. The Morgan fingerprint density at radius 3 is 2.53 bits per heavy atom. The first-order valence-corrected chi connectivity index (χ1v) is 7.28. The third-order valence-corrected chi connectivity index (χ3v) is 4.03. The smallest absolute Gasteiger partial charge is 0.0702 e. The number of aliphatic hydroxyl groups excluding tert-OH is 1. The molecular weight excluding hydrogens is 349 g/mol. The number of hydrogen-bond donors (Lipinski definition) is 1. The van der Waals surface area contributed by atoms with Gasteiger partial charge in [-0.25, -0.2) is 0 Å². The minimum absolute atomic E-state index is 0.0774. The monoisotopic (exact) mass is 363 g/mol. The zero-order valence-electron chi connectivity index (χ0n) is 10.4. The van der Waals surface area contributed by atoms with Gasteiger partial charge in [0.05, 0.1) is 12.1 Å². The van der Waals surface area contributed by atoms with E-state index in [1.165, 1.54) is 14.5 Å². The van der Waals surface area contributed by atoms with E-state index in [1.54, 1.807) is 0 Å². The zero-order chi connectivity index (χ0) is 13.2. The van der Waals surface area contributed by atoms with Crippen molar-refractivity contribution in [2.24, 2.45) is 0 Å². The standard InChI is InChI=1S/C16H14INO/c17-15-6-4-12(5-7-15)10-18-9-8-13-2-1-3-14(11-19)16(13)18/h1-9,19H,10-11H2. The van der Waals surface area contributed by atoms with Crippen LogP contribution in [0.1, 0.15) is 11.1 Å². The largest absolute Gasteiger partial charge is 0.392 e. The molecule has 0 saturated heterocycles. The van der Waals surface area contributed by atoms with Gasteiger partial charge in [-0.15, -0.1) is 0 Å². The lowest BCUT2D eigenvalue weighted by Crippen LogP contribution is -2.00. The molecule has 0 spiro atoms. The quantitative estimate of drug-likeness (QED) is 0.704. The Kier molecular flexibility index (Phi) is 3.57. The first kappa shape index (κ1) is 12.7. The first-order chi connectivity index (χ1) is 9.28. The van der Waals surface area contributed by atoms with Crippen molar-refractivity contribution in [3.05, 3.63) is 69.4 Å². The highest BCUT2D eigenvalue weighted by atomic mass is 127. The molecule has 0 aliphatic rings. The van der Waals surface area contributed by atoms with E-state index < -0.39 is 0 Å². The maximum atomic E-state index is 9.47. The molecule has 0 atom stereocenters. The molecule has 1 aromatic heterocycles. The van der Waals surface area contributed by atoms with Crippen LogP contribution >= 0.6 is 22.6 Å². The van der Waals surface area contributed by atoms with Crippen LogP contribution in [0.5, 0.6) is 0 Å². The van der Waals surface area contributed by atoms with Gasteiger partial charge in [-0.3, -0.25) is 0 Å². The van der Waals surface area contributed by atoms with Gasteiger partial charge < -0.3 is 9.67 Å². The summed E-state index contributed by atoms with van der Waals surface area (Å²) in [5.41, 5.74) is 3.38. The molecular formula is C16H14INO. The number of aliphatic hydroxyl groups is 1. The molecule has 1 N–H and O–H groups in total. The van der Waals surface area contributed by atoms with Gasteiger partial charge in [0.15, 0.2) is 0 Å². The Labute approximate surface area is 125 Å². The minimum Gasteiger partial charge on any atom is -0.392 e. The number of aromatic nitrogens is 1. The normalized spacial score (nSPS) is 11.1. The van der Waals surface area contributed by atoms with Gasteiger partial charge in [0, 0.05) is 21.9 Å². The summed E-state index contributed by atoms with van der Waals surface area (Å²) in [6.07, 6.45) is 2.09. The molecule has 2 nitrogen and oxygen atoms in total. The highest BCUT2D eigenvalue weighted by molar-refractivity contribution is 14.1. The summed E-state index contributed by atoms with van der Waals surface area (Å²) in [4.78, 5) is 0. The summed E-state index contributed by atoms with van der Waals surface area (Å²) in [6.45, 7) is 0.908. The van der Waals surface area contributed by atoms with E-state index in [9.17, 15) is 5.11 Å². The molecule has 0 unspecified atom stereocenters. The Hall–Kier alpha value is -1.33. The molecule has 0 fully saturated rings. The number of nitrogens with zero attached hydrogens (tertiary/aromatic N) is 1. The van der Waals surface area contributed by atoms with Crippen LogP contribution in [0, 0.1) is 3.57 Å². The molecule has 19 heavy (non-hydrogen) atoms. The van der Waals surface area contributed by atoms with Crippen LogP contribution in [0.3, 0.4) is 0 Å². The van der Waals surface area contributed by atoms with Gasteiger partial charge in [0.25, 0.3) is 0 Å². The second-order valence-corrected chi connectivity index (χ2v) is 5.83. The molecule has 0 radical (unpaired) electrons. The molecule has 1 heterocycles. The zero-order valence-corrected chi connectivity index (χ0v) is 12.5. The topological polar surface area (TPSA) is 25.2 Å². The van der Waals surface area contributed by atoms with Crippen LogP contribution in [0.15, 0.2) is 54.7 Å². The summed E-state index contributed by atoms with van der Waals surface area (Å²) < 4.78 is 3.44. The molecule has 2 aromatic carbocycles.